The SMILES string of the molecule is CC(C)CCN(CCC(C)C)S(=O)(=O)N(C)CC(C)C#N. The fourth-order valence-electron chi connectivity index (χ4n) is 1.86. The van der Waals surface area contributed by atoms with Crippen LogP contribution in [-0.2, 0) is 10.2 Å². The fourth-order valence-corrected chi connectivity index (χ4v) is 3.34. The molecule has 0 radical (unpaired) electrons. The van der Waals surface area contributed by atoms with Crippen LogP contribution in [0.15, 0.2) is 0 Å². The lowest BCUT2D eigenvalue weighted by Gasteiger charge is -2.29. The highest BCUT2D eigenvalue weighted by Crippen LogP contribution is 2.14. The Morgan fingerprint density at radius 2 is 1.43 bits per heavy atom. The van der Waals surface area contributed by atoms with Gasteiger partial charge in [-0.1, -0.05) is 27.7 Å². The Hall–Kier alpha value is -0.640. The molecule has 0 N–H and O–H groups in total. The molecule has 0 aromatic rings. The molecule has 0 amide bonds. The number of nitriles is 1. The Labute approximate surface area is 131 Å². The molecule has 0 spiro atoms. The van der Waals surface area contributed by atoms with Gasteiger partial charge in [0.15, 0.2) is 0 Å². The van der Waals surface area contributed by atoms with Gasteiger partial charge in [-0.15, -0.1) is 0 Å². The average molecular weight is 317 g/mol. The highest BCUT2D eigenvalue weighted by Gasteiger charge is 2.27. The van der Waals surface area contributed by atoms with Gasteiger partial charge < -0.3 is 0 Å². The minimum absolute atomic E-state index is 0.235. The van der Waals surface area contributed by atoms with E-state index in [-0.39, 0.29) is 12.5 Å². The van der Waals surface area contributed by atoms with Gasteiger partial charge in [-0.05, 0) is 31.6 Å². The van der Waals surface area contributed by atoms with Gasteiger partial charge in [0, 0.05) is 26.7 Å². The van der Waals surface area contributed by atoms with Crippen LogP contribution in [0.5, 0.6) is 0 Å². The van der Waals surface area contributed by atoms with Crippen molar-refractivity contribution in [3.05, 3.63) is 0 Å². The second-order valence-electron chi connectivity index (χ2n) is 6.58. The lowest BCUT2D eigenvalue weighted by molar-refractivity contribution is 0.320. The van der Waals surface area contributed by atoms with Crippen molar-refractivity contribution in [3.63, 3.8) is 0 Å². The molecule has 0 fully saturated rings. The van der Waals surface area contributed by atoms with Crippen molar-refractivity contribution in [1.82, 2.24) is 8.61 Å². The average Bonchev–Trinajstić information content (AvgIpc) is 2.37. The molecule has 1 atom stereocenters. The van der Waals surface area contributed by atoms with E-state index in [0.29, 0.717) is 24.9 Å². The summed E-state index contributed by atoms with van der Waals surface area (Å²) in [6.45, 7) is 11.4. The minimum atomic E-state index is -3.48. The quantitative estimate of drug-likeness (QED) is 0.622. The van der Waals surface area contributed by atoms with Gasteiger partial charge in [-0.3, -0.25) is 0 Å². The van der Waals surface area contributed by atoms with E-state index < -0.39 is 10.2 Å². The van der Waals surface area contributed by atoms with Crippen LogP contribution >= 0.6 is 0 Å². The summed E-state index contributed by atoms with van der Waals surface area (Å²) in [5, 5.41) is 8.86. The van der Waals surface area contributed by atoms with Gasteiger partial charge >= 0.3 is 0 Å². The predicted octanol–water partition coefficient (Wildman–Crippen LogP) is 2.72. The smallest absolute Gasteiger partial charge is 0.198 e. The summed E-state index contributed by atoms with van der Waals surface area (Å²) in [7, 11) is -1.93. The van der Waals surface area contributed by atoms with Crippen molar-refractivity contribution in [1.29, 1.82) is 5.26 Å². The van der Waals surface area contributed by atoms with Crippen LogP contribution in [0, 0.1) is 29.1 Å². The molecule has 0 aliphatic rings. The zero-order valence-electron chi connectivity index (χ0n) is 14.3. The number of rotatable bonds is 10. The van der Waals surface area contributed by atoms with E-state index in [0.717, 1.165) is 12.8 Å². The second kappa shape index (κ2) is 9.39. The minimum Gasteiger partial charge on any atom is -0.198 e. The summed E-state index contributed by atoms with van der Waals surface area (Å²) < 4.78 is 28.2. The Bertz CT molecular complexity index is 415. The zero-order chi connectivity index (χ0) is 16.6. The monoisotopic (exact) mass is 317 g/mol. The standard InChI is InChI=1S/C15H31N3O2S/c1-13(2)7-9-18(10-8-14(3)4)21(19,20)17(6)12-15(5)11-16/h13-15H,7-10,12H2,1-6H3. The van der Waals surface area contributed by atoms with Crippen molar-refractivity contribution in [2.45, 2.75) is 47.5 Å². The van der Waals surface area contributed by atoms with Gasteiger partial charge in [0.25, 0.3) is 10.2 Å². The van der Waals surface area contributed by atoms with Crippen molar-refractivity contribution in [2.75, 3.05) is 26.7 Å². The lowest BCUT2D eigenvalue weighted by Crippen LogP contribution is -2.44. The Balaban J connectivity index is 4.95. The van der Waals surface area contributed by atoms with Crippen molar-refractivity contribution >= 4 is 10.2 Å². The first kappa shape index (κ1) is 20.4. The lowest BCUT2D eigenvalue weighted by atomic mass is 10.1. The Kier molecular flexibility index (Phi) is 9.11. The van der Waals surface area contributed by atoms with E-state index in [9.17, 15) is 8.42 Å². The summed E-state index contributed by atoms with van der Waals surface area (Å²) in [5.41, 5.74) is 0. The molecule has 21 heavy (non-hydrogen) atoms. The van der Waals surface area contributed by atoms with E-state index in [1.807, 2.05) is 0 Å². The molecule has 0 aliphatic carbocycles. The highest BCUT2D eigenvalue weighted by molar-refractivity contribution is 7.86. The van der Waals surface area contributed by atoms with Crippen LogP contribution < -0.4 is 0 Å². The molecule has 0 saturated heterocycles. The molecule has 0 aliphatic heterocycles. The van der Waals surface area contributed by atoms with E-state index in [1.54, 1.807) is 18.3 Å². The molecule has 0 heterocycles. The van der Waals surface area contributed by atoms with E-state index in [2.05, 4.69) is 33.8 Å². The third-order valence-electron chi connectivity index (χ3n) is 3.38. The zero-order valence-corrected chi connectivity index (χ0v) is 15.2. The van der Waals surface area contributed by atoms with Gasteiger partial charge in [-0.25, -0.2) is 0 Å². The van der Waals surface area contributed by atoms with E-state index in [4.69, 9.17) is 5.26 Å². The fraction of sp³-hybridized carbons (Fsp3) is 0.933. The van der Waals surface area contributed by atoms with Crippen LogP contribution in [0.4, 0.5) is 0 Å². The van der Waals surface area contributed by atoms with E-state index >= 15 is 0 Å². The number of hydrogen-bond donors (Lipinski definition) is 0. The Morgan fingerprint density at radius 1 is 1.00 bits per heavy atom. The normalized spacial score (nSPS) is 14.1. The van der Waals surface area contributed by atoms with Gasteiger partial charge in [0.05, 0.1) is 12.0 Å². The van der Waals surface area contributed by atoms with Crippen LogP contribution in [0.1, 0.15) is 47.5 Å². The highest BCUT2D eigenvalue weighted by atomic mass is 32.2. The van der Waals surface area contributed by atoms with Gasteiger partial charge in [-0.2, -0.15) is 22.3 Å². The number of nitrogens with zero attached hydrogens (tertiary/aromatic N) is 3. The maximum absolute atomic E-state index is 12.6. The van der Waals surface area contributed by atoms with Gasteiger partial charge in [0.1, 0.15) is 0 Å². The summed E-state index contributed by atoms with van der Waals surface area (Å²) >= 11 is 0. The van der Waals surface area contributed by atoms with Gasteiger partial charge in [0.2, 0.25) is 0 Å². The third kappa shape index (κ3) is 7.79. The molecular weight excluding hydrogens is 286 g/mol. The first-order valence-electron chi connectivity index (χ1n) is 7.72. The Morgan fingerprint density at radius 3 is 1.76 bits per heavy atom. The maximum atomic E-state index is 12.6. The van der Waals surface area contributed by atoms with Crippen LogP contribution in [0.25, 0.3) is 0 Å². The maximum Gasteiger partial charge on any atom is 0.281 e. The summed E-state index contributed by atoms with van der Waals surface area (Å²) in [6, 6.07) is 2.08. The predicted molar refractivity (Wildman–Crippen MR) is 86.8 cm³/mol. The van der Waals surface area contributed by atoms with Crippen molar-refractivity contribution < 1.29 is 8.42 Å². The summed E-state index contributed by atoms with van der Waals surface area (Å²) in [6.07, 6.45) is 1.69. The molecule has 0 bridgehead atoms. The largest absolute Gasteiger partial charge is 0.281 e. The van der Waals surface area contributed by atoms with Crippen LogP contribution in [0.2, 0.25) is 0 Å². The molecule has 0 rings (SSSR count). The molecule has 0 saturated carbocycles. The van der Waals surface area contributed by atoms with Crippen LogP contribution in [-0.4, -0.2) is 43.7 Å². The summed E-state index contributed by atoms with van der Waals surface area (Å²) in [4.78, 5) is 0. The topological polar surface area (TPSA) is 64.4 Å². The van der Waals surface area contributed by atoms with Crippen molar-refractivity contribution in [3.8, 4) is 6.07 Å². The molecule has 0 aromatic carbocycles. The molecule has 5 nitrogen and oxygen atoms in total. The second-order valence-corrected chi connectivity index (χ2v) is 8.62. The molecule has 6 heteroatoms. The third-order valence-corrected chi connectivity index (χ3v) is 5.34. The van der Waals surface area contributed by atoms with E-state index in [1.165, 1.54) is 4.31 Å². The molecule has 1 unspecified atom stereocenters. The first-order valence-corrected chi connectivity index (χ1v) is 9.12. The first-order chi connectivity index (χ1) is 9.61. The molecule has 0 aromatic heterocycles. The van der Waals surface area contributed by atoms with Crippen LogP contribution in [0.3, 0.4) is 0 Å². The summed E-state index contributed by atoms with van der Waals surface area (Å²) in [5.74, 6) is 0.622. The molecule has 124 valence electrons. The molecular formula is C15H31N3O2S. The van der Waals surface area contributed by atoms with Crippen molar-refractivity contribution in [2.24, 2.45) is 17.8 Å². The number of hydrogen-bond acceptors (Lipinski definition) is 3.